The highest BCUT2D eigenvalue weighted by atomic mass is 35.5. The Labute approximate surface area is 67.3 Å². The van der Waals surface area contributed by atoms with Gasteiger partial charge in [0.25, 0.3) is 12.3 Å². The molecular weight excluding hydrogens is 186 g/mol. The molecule has 1 saturated carbocycles. The molecule has 0 aromatic heterocycles. The molecule has 0 aromatic rings. The molecule has 0 atom stereocenters. The third-order valence-corrected chi connectivity index (χ3v) is 1.61. The number of rotatable bonds is 1. The van der Waals surface area contributed by atoms with E-state index in [1.807, 2.05) is 0 Å². The molecule has 0 spiro atoms. The predicted octanol–water partition coefficient (Wildman–Crippen LogP) is 1.80. The van der Waals surface area contributed by atoms with Gasteiger partial charge in [-0.15, -0.1) is 12.4 Å². The number of nitrogens with two attached hydrogens (primary N) is 1. The van der Waals surface area contributed by atoms with Crippen LogP contribution in [0.15, 0.2) is 0 Å². The first-order valence-electron chi connectivity index (χ1n) is 2.81. The third-order valence-electron chi connectivity index (χ3n) is 1.61. The first-order chi connectivity index (χ1) is 4.36. The summed E-state index contributed by atoms with van der Waals surface area (Å²) in [7, 11) is 0. The van der Waals surface area contributed by atoms with Crippen LogP contribution in [0.2, 0.25) is 0 Å². The number of hydrogen-bond acceptors (Lipinski definition) is 1. The lowest BCUT2D eigenvalue weighted by Crippen LogP contribution is -2.62. The minimum atomic E-state index is -2.97. The van der Waals surface area contributed by atoms with Crippen molar-refractivity contribution in [1.82, 2.24) is 0 Å². The molecule has 1 rings (SSSR count). The van der Waals surface area contributed by atoms with Crippen molar-refractivity contribution in [2.24, 2.45) is 5.73 Å². The van der Waals surface area contributed by atoms with Crippen molar-refractivity contribution < 1.29 is 17.6 Å². The zero-order valence-electron chi connectivity index (χ0n) is 5.49. The van der Waals surface area contributed by atoms with E-state index in [1.165, 1.54) is 0 Å². The van der Waals surface area contributed by atoms with E-state index in [0.29, 0.717) is 0 Å². The highest BCUT2D eigenvalue weighted by molar-refractivity contribution is 5.85. The van der Waals surface area contributed by atoms with E-state index in [1.54, 1.807) is 0 Å². The van der Waals surface area contributed by atoms with Crippen LogP contribution in [0.5, 0.6) is 0 Å². The van der Waals surface area contributed by atoms with Crippen LogP contribution < -0.4 is 5.73 Å². The van der Waals surface area contributed by atoms with E-state index in [2.05, 4.69) is 0 Å². The second-order valence-corrected chi connectivity index (χ2v) is 2.74. The van der Waals surface area contributed by atoms with Crippen LogP contribution in [-0.4, -0.2) is 17.9 Å². The van der Waals surface area contributed by atoms with Crippen molar-refractivity contribution >= 4 is 12.4 Å². The van der Waals surface area contributed by atoms with Crippen LogP contribution in [0.1, 0.15) is 12.8 Å². The summed E-state index contributed by atoms with van der Waals surface area (Å²) in [6, 6.07) is 0. The molecular formula is C5H8ClF4N. The molecule has 0 heterocycles. The molecule has 1 fully saturated rings. The number of hydrogen-bond donors (Lipinski definition) is 1. The Morgan fingerprint density at radius 3 is 1.64 bits per heavy atom. The van der Waals surface area contributed by atoms with E-state index in [4.69, 9.17) is 5.73 Å². The standard InChI is InChI=1S/C5H7F4N.ClH/c6-3(7)4(10)1-5(8,9)2-4;/h3H,1-2,10H2;1H. The SMILES string of the molecule is Cl.NC1(C(F)F)CC(F)(F)C1. The molecule has 0 aliphatic heterocycles. The molecule has 6 heteroatoms. The molecule has 68 valence electrons. The van der Waals surface area contributed by atoms with Gasteiger partial charge in [-0.3, -0.25) is 0 Å². The van der Waals surface area contributed by atoms with Crippen LogP contribution >= 0.6 is 12.4 Å². The summed E-state index contributed by atoms with van der Waals surface area (Å²) in [5.41, 5.74) is 2.96. The maximum Gasteiger partial charge on any atom is 0.256 e. The van der Waals surface area contributed by atoms with Gasteiger partial charge in [0.05, 0.1) is 5.54 Å². The number of alkyl halides is 4. The fourth-order valence-electron chi connectivity index (χ4n) is 1.07. The molecule has 1 nitrogen and oxygen atoms in total. The van der Waals surface area contributed by atoms with Gasteiger partial charge >= 0.3 is 0 Å². The van der Waals surface area contributed by atoms with Crippen molar-refractivity contribution in [2.45, 2.75) is 30.7 Å². The Morgan fingerprint density at radius 2 is 1.55 bits per heavy atom. The van der Waals surface area contributed by atoms with Gasteiger partial charge in [-0.1, -0.05) is 0 Å². The molecule has 0 bridgehead atoms. The monoisotopic (exact) mass is 193 g/mol. The first kappa shape index (κ1) is 11.0. The Bertz CT molecular complexity index is 141. The van der Waals surface area contributed by atoms with Gasteiger partial charge in [-0.05, 0) is 0 Å². The van der Waals surface area contributed by atoms with Crippen LogP contribution in [0.3, 0.4) is 0 Å². The molecule has 0 unspecified atom stereocenters. The van der Waals surface area contributed by atoms with Crippen molar-refractivity contribution in [2.75, 3.05) is 0 Å². The van der Waals surface area contributed by atoms with Crippen molar-refractivity contribution in [3.05, 3.63) is 0 Å². The molecule has 11 heavy (non-hydrogen) atoms. The molecule has 0 aromatic carbocycles. The summed E-state index contributed by atoms with van der Waals surface area (Å²) < 4.78 is 47.5. The van der Waals surface area contributed by atoms with Crippen molar-refractivity contribution in [1.29, 1.82) is 0 Å². The lowest BCUT2D eigenvalue weighted by Gasteiger charge is -2.43. The van der Waals surface area contributed by atoms with Gasteiger partial charge in [0, 0.05) is 12.8 Å². The fourth-order valence-corrected chi connectivity index (χ4v) is 1.07. The zero-order chi connectivity index (χ0) is 7.99. The minimum absolute atomic E-state index is 0. The van der Waals surface area contributed by atoms with E-state index >= 15 is 0 Å². The smallest absolute Gasteiger partial charge is 0.256 e. The van der Waals surface area contributed by atoms with E-state index in [9.17, 15) is 17.6 Å². The van der Waals surface area contributed by atoms with Gasteiger partial charge in [0.15, 0.2) is 0 Å². The normalized spacial score (nSPS) is 25.6. The highest BCUT2D eigenvalue weighted by Crippen LogP contribution is 2.46. The Morgan fingerprint density at radius 1 is 1.18 bits per heavy atom. The minimum Gasteiger partial charge on any atom is -0.320 e. The summed E-state index contributed by atoms with van der Waals surface area (Å²) in [6.45, 7) is 0. The van der Waals surface area contributed by atoms with Crippen LogP contribution in [-0.2, 0) is 0 Å². The van der Waals surface area contributed by atoms with Gasteiger partial charge < -0.3 is 5.73 Å². The van der Waals surface area contributed by atoms with Crippen LogP contribution in [0.25, 0.3) is 0 Å². The highest BCUT2D eigenvalue weighted by Gasteiger charge is 2.59. The molecule has 2 N–H and O–H groups in total. The Hall–Kier alpha value is -0.0300. The molecule has 0 radical (unpaired) electrons. The largest absolute Gasteiger partial charge is 0.320 e. The van der Waals surface area contributed by atoms with E-state index in [-0.39, 0.29) is 12.4 Å². The van der Waals surface area contributed by atoms with Gasteiger partial charge in [-0.2, -0.15) is 0 Å². The molecule has 0 amide bonds. The van der Waals surface area contributed by atoms with Gasteiger partial charge in [0.1, 0.15) is 0 Å². The fraction of sp³-hybridized carbons (Fsp3) is 1.00. The Kier molecular flexibility index (Phi) is 2.78. The van der Waals surface area contributed by atoms with Crippen LogP contribution in [0.4, 0.5) is 17.6 Å². The maximum atomic E-state index is 12.0. The van der Waals surface area contributed by atoms with Crippen LogP contribution in [0, 0.1) is 0 Å². The lowest BCUT2D eigenvalue weighted by molar-refractivity contribution is -0.163. The molecule has 1 aliphatic carbocycles. The predicted molar refractivity (Wildman–Crippen MR) is 34.4 cm³/mol. The average Bonchev–Trinajstić information content (AvgIpc) is 1.59. The third kappa shape index (κ3) is 1.96. The van der Waals surface area contributed by atoms with E-state index in [0.717, 1.165) is 0 Å². The quantitative estimate of drug-likeness (QED) is 0.632. The molecule has 1 aliphatic rings. The summed E-state index contributed by atoms with van der Waals surface area (Å²) >= 11 is 0. The van der Waals surface area contributed by atoms with Crippen molar-refractivity contribution in [3.63, 3.8) is 0 Å². The topological polar surface area (TPSA) is 26.0 Å². The molecule has 0 saturated heterocycles. The average molecular weight is 194 g/mol. The number of halogens is 5. The van der Waals surface area contributed by atoms with Gasteiger partial charge in [0.2, 0.25) is 0 Å². The lowest BCUT2D eigenvalue weighted by atomic mass is 9.74. The second-order valence-electron chi connectivity index (χ2n) is 2.74. The van der Waals surface area contributed by atoms with Gasteiger partial charge in [-0.25, -0.2) is 17.6 Å². The summed E-state index contributed by atoms with van der Waals surface area (Å²) in [4.78, 5) is 0. The Balaban J connectivity index is 0.000001000. The zero-order valence-corrected chi connectivity index (χ0v) is 6.31. The summed E-state index contributed by atoms with van der Waals surface area (Å²) in [5, 5.41) is 0. The maximum absolute atomic E-state index is 12.0. The first-order valence-corrected chi connectivity index (χ1v) is 2.81. The summed E-state index contributed by atoms with van der Waals surface area (Å²) in [5.74, 6) is -2.97. The second kappa shape index (κ2) is 2.79. The van der Waals surface area contributed by atoms with Crippen molar-refractivity contribution in [3.8, 4) is 0 Å². The summed E-state index contributed by atoms with van der Waals surface area (Å²) in [6.07, 6.45) is -4.62. The van der Waals surface area contributed by atoms with E-state index < -0.39 is 30.7 Å².